The fourth-order valence-electron chi connectivity index (χ4n) is 3.09. The summed E-state index contributed by atoms with van der Waals surface area (Å²) in [5, 5.41) is 3.04. The third-order valence-corrected chi connectivity index (χ3v) is 5.59. The van der Waals surface area contributed by atoms with E-state index in [1.807, 2.05) is 13.0 Å². The summed E-state index contributed by atoms with van der Waals surface area (Å²) in [7, 11) is -1.50. The number of sulfonamides is 1. The summed E-state index contributed by atoms with van der Waals surface area (Å²) in [5.74, 6) is -0.221. The number of piperidine rings is 1. The standard InChI is InChI=1S/C17H27N3O3S/c1-4-16(17(21)18-14-10-12-19(2)13-11-14)20(24(3,22)23)15-8-6-5-7-9-15/h5-9,14,16H,4,10-13H2,1-3H3,(H,18,21)/t16-/m0/s1. The fraction of sp³-hybridized carbons (Fsp3) is 0.588. The van der Waals surface area contributed by atoms with E-state index in [0.717, 1.165) is 32.2 Å². The van der Waals surface area contributed by atoms with E-state index in [2.05, 4.69) is 17.3 Å². The second-order valence-electron chi connectivity index (χ2n) is 6.40. The number of nitrogens with one attached hydrogen (secondary N) is 1. The highest BCUT2D eigenvalue weighted by Gasteiger charge is 2.32. The molecular weight excluding hydrogens is 326 g/mol. The normalized spacial score (nSPS) is 18.1. The number of amides is 1. The maximum absolute atomic E-state index is 12.8. The monoisotopic (exact) mass is 353 g/mol. The lowest BCUT2D eigenvalue weighted by molar-refractivity contribution is -0.123. The highest BCUT2D eigenvalue weighted by molar-refractivity contribution is 7.92. The molecule has 0 aromatic heterocycles. The largest absolute Gasteiger partial charge is 0.351 e. The van der Waals surface area contributed by atoms with Crippen molar-refractivity contribution < 1.29 is 13.2 Å². The number of hydrogen-bond acceptors (Lipinski definition) is 4. The van der Waals surface area contributed by atoms with Crippen LogP contribution >= 0.6 is 0 Å². The number of benzene rings is 1. The van der Waals surface area contributed by atoms with Crippen LogP contribution in [0.15, 0.2) is 30.3 Å². The molecule has 1 aliphatic rings. The van der Waals surface area contributed by atoms with Gasteiger partial charge in [-0.1, -0.05) is 25.1 Å². The zero-order chi connectivity index (χ0) is 17.7. The fourth-order valence-corrected chi connectivity index (χ4v) is 4.30. The number of para-hydroxylation sites is 1. The van der Waals surface area contributed by atoms with Gasteiger partial charge in [0.25, 0.3) is 0 Å². The number of carbonyl (C=O) groups is 1. The Morgan fingerprint density at radius 2 is 1.88 bits per heavy atom. The van der Waals surface area contributed by atoms with Crippen molar-refractivity contribution in [3.8, 4) is 0 Å². The van der Waals surface area contributed by atoms with Crippen molar-refractivity contribution in [3.05, 3.63) is 30.3 Å². The number of rotatable bonds is 6. The summed E-state index contributed by atoms with van der Waals surface area (Å²) in [5.41, 5.74) is 0.519. The molecule has 24 heavy (non-hydrogen) atoms. The Kier molecular flexibility index (Phi) is 6.23. The first kappa shape index (κ1) is 18.7. The lowest BCUT2D eigenvalue weighted by atomic mass is 10.0. The summed E-state index contributed by atoms with van der Waals surface area (Å²) in [4.78, 5) is 15.0. The van der Waals surface area contributed by atoms with E-state index < -0.39 is 16.1 Å². The topological polar surface area (TPSA) is 69.7 Å². The average Bonchev–Trinajstić information content (AvgIpc) is 2.54. The predicted octanol–water partition coefficient (Wildman–Crippen LogP) is 1.44. The molecule has 1 heterocycles. The smallest absolute Gasteiger partial charge is 0.244 e. The summed E-state index contributed by atoms with van der Waals surface area (Å²) >= 11 is 0. The van der Waals surface area contributed by atoms with Crippen LogP contribution in [0.2, 0.25) is 0 Å². The molecule has 1 aliphatic heterocycles. The van der Waals surface area contributed by atoms with Crippen molar-refractivity contribution in [3.63, 3.8) is 0 Å². The number of anilines is 1. The molecule has 0 bridgehead atoms. The summed E-state index contributed by atoms with van der Waals surface area (Å²) in [6.07, 6.45) is 3.34. The minimum absolute atomic E-state index is 0.111. The van der Waals surface area contributed by atoms with Crippen molar-refractivity contribution in [1.29, 1.82) is 0 Å². The van der Waals surface area contributed by atoms with Gasteiger partial charge in [0, 0.05) is 6.04 Å². The number of carbonyl (C=O) groups excluding carboxylic acids is 1. The Labute approximate surface area is 144 Å². The van der Waals surface area contributed by atoms with Crippen LogP contribution in [0.5, 0.6) is 0 Å². The second-order valence-corrected chi connectivity index (χ2v) is 8.26. The predicted molar refractivity (Wildman–Crippen MR) is 96.5 cm³/mol. The van der Waals surface area contributed by atoms with Gasteiger partial charge in [-0.3, -0.25) is 9.10 Å². The van der Waals surface area contributed by atoms with Gasteiger partial charge in [0.1, 0.15) is 6.04 Å². The van der Waals surface area contributed by atoms with E-state index in [1.165, 1.54) is 4.31 Å². The third-order valence-electron chi connectivity index (χ3n) is 4.41. The van der Waals surface area contributed by atoms with Crippen LogP contribution < -0.4 is 9.62 Å². The SMILES string of the molecule is CC[C@@H](C(=O)NC1CCN(C)CC1)N(c1ccccc1)S(C)(=O)=O. The quantitative estimate of drug-likeness (QED) is 0.840. The van der Waals surface area contributed by atoms with Crippen LogP contribution in [0.1, 0.15) is 26.2 Å². The molecule has 7 heteroatoms. The van der Waals surface area contributed by atoms with E-state index in [-0.39, 0.29) is 11.9 Å². The molecule has 1 aromatic carbocycles. The van der Waals surface area contributed by atoms with Gasteiger partial charge >= 0.3 is 0 Å². The summed E-state index contributed by atoms with van der Waals surface area (Å²) < 4.78 is 25.9. The molecule has 0 saturated carbocycles. The van der Waals surface area contributed by atoms with Gasteiger partial charge in [-0.25, -0.2) is 8.42 Å². The van der Waals surface area contributed by atoms with Gasteiger partial charge in [-0.15, -0.1) is 0 Å². The average molecular weight is 353 g/mol. The first-order valence-electron chi connectivity index (χ1n) is 8.36. The van der Waals surface area contributed by atoms with Crippen molar-refractivity contribution >= 4 is 21.6 Å². The number of hydrogen-bond donors (Lipinski definition) is 1. The van der Waals surface area contributed by atoms with E-state index in [1.54, 1.807) is 24.3 Å². The van der Waals surface area contributed by atoms with Crippen molar-refractivity contribution in [2.75, 3.05) is 30.7 Å². The molecule has 134 valence electrons. The molecule has 0 aliphatic carbocycles. The van der Waals surface area contributed by atoms with Crippen molar-refractivity contribution in [2.24, 2.45) is 0 Å². The maximum Gasteiger partial charge on any atom is 0.244 e. The molecule has 0 unspecified atom stereocenters. The molecule has 1 saturated heterocycles. The van der Waals surface area contributed by atoms with Gasteiger partial charge in [0.05, 0.1) is 11.9 Å². The summed E-state index contributed by atoms with van der Waals surface area (Å²) in [6, 6.07) is 8.18. The van der Waals surface area contributed by atoms with Gasteiger partial charge in [0.15, 0.2) is 0 Å². The van der Waals surface area contributed by atoms with E-state index >= 15 is 0 Å². The molecule has 0 radical (unpaired) electrons. The Balaban J connectivity index is 2.18. The Bertz CT molecular complexity index is 640. The highest BCUT2D eigenvalue weighted by atomic mass is 32.2. The Morgan fingerprint density at radius 3 is 2.38 bits per heavy atom. The molecule has 1 aromatic rings. The first-order valence-corrected chi connectivity index (χ1v) is 10.2. The van der Waals surface area contributed by atoms with Crippen LogP contribution in [0.3, 0.4) is 0 Å². The van der Waals surface area contributed by atoms with Gasteiger partial charge in [-0.2, -0.15) is 0 Å². The number of nitrogens with zero attached hydrogens (tertiary/aromatic N) is 2. The summed E-state index contributed by atoms with van der Waals surface area (Å²) in [6.45, 7) is 3.71. The Morgan fingerprint density at radius 1 is 1.29 bits per heavy atom. The third kappa shape index (κ3) is 4.70. The van der Waals surface area contributed by atoms with Crippen molar-refractivity contribution in [1.82, 2.24) is 10.2 Å². The molecule has 6 nitrogen and oxygen atoms in total. The van der Waals surface area contributed by atoms with E-state index in [4.69, 9.17) is 0 Å². The highest BCUT2D eigenvalue weighted by Crippen LogP contribution is 2.22. The lowest BCUT2D eigenvalue weighted by Gasteiger charge is -2.34. The minimum atomic E-state index is -3.56. The molecule has 1 atom stereocenters. The van der Waals surface area contributed by atoms with E-state index in [9.17, 15) is 13.2 Å². The molecule has 1 fully saturated rings. The maximum atomic E-state index is 12.8. The zero-order valence-corrected chi connectivity index (χ0v) is 15.4. The molecule has 2 rings (SSSR count). The van der Waals surface area contributed by atoms with Crippen molar-refractivity contribution in [2.45, 2.75) is 38.3 Å². The van der Waals surface area contributed by atoms with Gasteiger partial charge in [-0.05, 0) is 51.5 Å². The number of likely N-dealkylation sites (tertiary alicyclic amines) is 1. The van der Waals surface area contributed by atoms with Crippen LogP contribution in [0.25, 0.3) is 0 Å². The first-order chi connectivity index (χ1) is 11.3. The zero-order valence-electron chi connectivity index (χ0n) is 14.6. The van der Waals surface area contributed by atoms with E-state index in [0.29, 0.717) is 12.1 Å². The molecule has 1 amide bonds. The lowest BCUT2D eigenvalue weighted by Crippen LogP contribution is -2.53. The Hall–Kier alpha value is -1.60. The van der Waals surface area contributed by atoms with Crippen LogP contribution in [0, 0.1) is 0 Å². The van der Waals surface area contributed by atoms with Gasteiger partial charge in [0.2, 0.25) is 15.9 Å². The molecular formula is C17H27N3O3S. The van der Waals surface area contributed by atoms with Crippen LogP contribution in [-0.2, 0) is 14.8 Å². The van der Waals surface area contributed by atoms with Crippen LogP contribution in [-0.4, -0.2) is 57.7 Å². The van der Waals surface area contributed by atoms with Gasteiger partial charge < -0.3 is 10.2 Å². The van der Waals surface area contributed by atoms with Crippen LogP contribution in [0.4, 0.5) is 5.69 Å². The molecule has 1 N–H and O–H groups in total. The minimum Gasteiger partial charge on any atom is -0.351 e. The second kappa shape index (κ2) is 7.98. The molecule has 0 spiro atoms.